The van der Waals surface area contributed by atoms with E-state index in [0.717, 1.165) is 18.1 Å². The summed E-state index contributed by atoms with van der Waals surface area (Å²) < 4.78 is 0. The van der Waals surface area contributed by atoms with Crippen LogP contribution in [0.2, 0.25) is 0 Å². The van der Waals surface area contributed by atoms with Crippen molar-refractivity contribution in [2.24, 2.45) is 0 Å². The number of pyridine rings is 1. The Hall–Kier alpha value is -0.760. The van der Waals surface area contributed by atoms with Crippen molar-refractivity contribution in [1.82, 2.24) is 4.98 Å². The summed E-state index contributed by atoms with van der Waals surface area (Å²) in [5.41, 5.74) is 1.02. The van der Waals surface area contributed by atoms with Crippen molar-refractivity contribution in [3.8, 4) is 0 Å². The third-order valence-electron chi connectivity index (χ3n) is 1.29. The maximum absolute atomic E-state index is 5.50. The summed E-state index contributed by atoms with van der Waals surface area (Å²) in [4.78, 5) is 4.24. The minimum Gasteiger partial charge on any atom is -0.369 e. The molecule has 0 aliphatic carbocycles. The molecule has 1 heterocycles. The maximum Gasteiger partial charge on any atom is 0.126 e. The molecule has 0 radical (unpaired) electrons. The van der Waals surface area contributed by atoms with Gasteiger partial charge in [0.25, 0.3) is 0 Å². The van der Waals surface area contributed by atoms with Gasteiger partial charge in [-0.05, 0) is 19.1 Å². The summed E-state index contributed by atoms with van der Waals surface area (Å²) in [6, 6.07) is 5.87. The Morgan fingerprint density at radius 2 is 2.36 bits per heavy atom. The topological polar surface area (TPSA) is 24.9 Å². The monoisotopic (exact) mass is 170 g/mol. The Balaban J connectivity index is 2.56. The highest BCUT2D eigenvalue weighted by molar-refractivity contribution is 6.18. The molecule has 1 aromatic heterocycles. The molecule has 1 aromatic rings. The van der Waals surface area contributed by atoms with Crippen molar-refractivity contribution >= 4 is 17.4 Å². The van der Waals surface area contributed by atoms with Crippen LogP contribution in [0.3, 0.4) is 0 Å². The van der Waals surface area contributed by atoms with Crippen LogP contribution in [0, 0.1) is 6.92 Å². The lowest BCUT2D eigenvalue weighted by molar-refractivity contribution is 1.13. The maximum atomic E-state index is 5.50. The summed E-state index contributed by atoms with van der Waals surface area (Å²) in [5, 5.41) is 3.09. The van der Waals surface area contributed by atoms with E-state index >= 15 is 0 Å². The van der Waals surface area contributed by atoms with Crippen molar-refractivity contribution in [2.75, 3.05) is 17.7 Å². The van der Waals surface area contributed by atoms with Crippen molar-refractivity contribution in [3.05, 3.63) is 23.9 Å². The standard InChI is InChI=1S/C8H11ClN2/c1-7-3-2-4-8(11-7)10-6-5-9/h2-4H,5-6H2,1H3,(H,10,11). The molecule has 11 heavy (non-hydrogen) atoms. The lowest BCUT2D eigenvalue weighted by atomic mass is 10.4. The lowest BCUT2D eigenvalue weighted by Gasteiger charge is -2.02. The Morgan fingerprint density at radius 1 is 1.55 bits per heavy atom. The van der Waals surface area contributed by atoms with Crippen LogP contribution in [-0.4, -0.2) is 17.4 Å². The van der Waals surface area contributed by atoms with Crippen LogP contribution in [-0.2, 0) is 0 Å². The number of nitrogens with zero attached hydrogens (tertiary/aromatic N) is 1. The van der Waals surface area contributed by atoms with Crippen LogP contribution >= 0.6 is 11.6 Å². The summed E-state index contributed by atoms with van der Waals surface area (Å²) in [7, 11) is 0. The molecule has 0 atom stereocenters. The number of aryl methyl sites for hydroxylation is 1. The molecule has 0 saturated heterocycles. The fraction of sp³-hybridized carbons (Fsp3) is 0.375. The van der Waals surface area contributed by atoms with Crippen molar-refractivity contribution < 1.29 is 0 Å². The molecule has 0 aromatic carbocycles. The number of hydrogen-bond donors (Lipinski definition) is 1. The van der Waals surface area contributed by atoms with Gasteiger partial charge in [0.1, 0.15) is 5.82 Å². The first kappa shape index (κ1) is 8.34. The zero-order valence-electron chi connectivity index (χ0n) is 6.47. The van der Waals surface area contributed by atoms with E-state index in [1.54, 1.807) is 0 Å². The van der Waals surface area contributed by atoms with E-state index in [9.17, 15) is 0 Å². The summed E-state index contributed by atoms with van der Waals surface area (Å²) >= 11 is 5.50. The zero-order chi connectivity index (χ0) is 8.10. The van der Waals surface area contributed by atoms with Gasteiger partial charge >= 0.3 is 0 Å². The van der Waals surface area contributed by atoms with Gasteiger partial charge in [0, 0.05) is 18.1 Å². The number of nitrogens with one attached hydrogen (secondary N) is 1. The molecule has 60 valence electrons. The molecule has 2 nitrogen and oxygen atoms in total. The van der Waals surface area contributed by atoms with Crippen LogP contribution in [0.5, 0.6) is 0 Å². The van der Waals surface area contributed by atoms with Crippen LogP contribution in [0.15, 0.2) is 18.2 Å². The molecule has 0 unspecified atom stereocenters. The van der Waals surface area contributed by atoms with Crippen LogP contribution in [0.1, 0.15) is 5.69 Å². The predicted molar refractivity (Wildman–Crippen MR) is 48.2 cm³/mol. The number of rotatable bonds is 3. The van der Waals surface area contributed by atoms with E-state index in [4.69, 9.17) is 11.6 Å². The zero-order valence-corrected chi connectivity index (χ0v) is 7.23. The van der Waals surface area contributed by atoms with E-state index in [2.05, 4.69) is 10.3 Å². The van der Waals surface area contributed by atoms with Gasteiger partial charge in [-0.25, -0.2) is 4.98 Å². The van der Waals surface area contributed by atoms with Gasteiger partial charge < -0.3 is 5.32 Å². The van der Waals surface area contributed by atoms with Crippen LogP contribution in [0.4, 0.5) is 5.82 Å². The van der Waals surface area contributed by atoms with Crippen LogP contribution in [0.25, 0.3) is 0 Å². The van der Waals surface area contributed by atoms with Gasteiger partial charge in [0.05, 0.1) is 0 Å². The van der Waals surface area contributed by atoms with E-state index < -0.39 is 0 Å². The first-order valence-corrected chi connectivity index (χ1v) is 4.10. The first-order valence-electron chi connectivity index (χ1n) is 3.56. The highest BCUT2D eigenvalue weighted by atomic mass is 35.5. The number of aromatic nitrogens is 1. The molecular weight excluding hydrogens is 160 g/mol. The third kappa shape index (κ3) is 2.76. The van der Waals surface area contributed by atoms with Gasteiger partial charge in [-0.2, -0.15) is 0 Å². The average molecular weight is 171 g/mol. The second-order valence-corrected chi connectivity index (χ2v) is 2.66. The molecule has 0 spiro atoms. The highest BCUT2D eigenvalue weighted by Crippen LogP contribution is 2.02. The number of halogens is 1. The minimum absolute atomic E-state index is 0.607. The second kappa shape index (κ2) is 4.19. The molecule has 1 N–H and O–H groups in total. The Bertz CT molecular complexity index is 225. The quantitative estimate of drug-likeness (QED) is 0.703. The second-order valence-electron chi connectivity index (χ2n) is 2.28. The van der Waals surface area contributed by atoms with E-state index in [1.807, 2.05) is 25.1 Å². The lowest BCUT2D eigenvalue weighted by Crippen LogP contribution is -2.04. The van der Waals surface area contributed by atoms with Crippen molar-refractivity contribution in [3.63, 3.8) is 0 Å². The van der Waals surface area contributed by atoms with Crippen molar-refractivity contribution in [1.29, 1.82) is 0 Å². The predicted octanol–water partition coefficient (Wildman–Crippen LogP) is 2.04. The molecular formula is C8H11ClN2. The molecule has 0 saturated carbocycles. The Labute approximate surface area is 71.6 Å². The Morgan fingerprint density at radius 3 is 3.00 bits per heavy atom. The van der Waals surface area contributed by atoms with E-state index in [0.29, 0.717) is 5.88 Å². The molecule has 0 fully saturated rings. The SMILES string of the molecule is Cc1cccc(NCCCl)n1. The fourth-order valence-electron chi connectivity index (χ4n) is 0.817. The van der Waals surface area contributed by atoms with Crippen molar-refractivity contribution in [2.45, 2.75) is 6.92 Å². The van der Waals surface area contributed by atoms with E-state index in [-0.39, 0.29) is 0 Å². The molecule has 0 aliphatic rings. The van der Waals surface area contributed by atoms with Gasteiger partial charge in [0.2, 0.25) is 0 Å². The number of alkyl halides is 1. The smallest absolute Gasteiger partial charge is 0.126 e. The largest absolute Gasteiger partial charge is 0.369 e. The highest BCUT2D eigenvalue weighted by Gasteiger charge is 1.90. The molecule has 0 bridgehead atoms. The normalized spacial score (nSPS) is 9.64. The van der Waals surface area contributed by atoms with Gasteiger partial charge in [-0.1, -0.05) is 6.07 Å². The summed E-state index contributed by atoms with van der Waals surface area (Å²) in [6.07, 6.45) is 0. The average Bonchev–Trinajstić information content (AvgIpc) is 2.01. The summed E-state index contributed by atoms with van der Waals surface area (Å²) in [6.45, 7) is 2.73. The first-order chi connectivity index (χ1) is 5.33. The molecule has 1 rings (SSSR count). The molecule has 0 amide bonds. The number of anilines is 1. The fourth-order valence-corrected chi connectivity index (χ4v) is 0.911. The third-order valence-corrected chi connectivity index (χ3v) is 1.48. The number of hydrogen-bond acceptors (Lipinski definition) is 2. The van der Waals surface area contributed by atoms with Gasteiger partial charge in [0.15, 0.2) is 0 Å². The minimum atomic E-state index is 0.607. The Kier molecular flexibility index (Phi) is 3.17. The molecule has 3 heteroatoms. The summed E-state index contributed by atoms with van der Waals surface area (Å²) in [5.74, 6) is 1.50. The van der Waals surface area contributed by atoms with Gasteiger partial charge in [-0.3, -0.25) is 0 Å². The van der Waals surface area contributed by atoms with Crippen LogP contribution < -0.4 is 5.32 Å². The van der Waals surface area contributed by atoms with E-state index in [1.165, 1.54) is 0 Å². The van der Waals surface area contributed by atoms with Gasteiger partial charge in [-0.15, -0.1) is 11.6 Å². The molecule has 0 aliphatic heterocycles.